The van der Waals surface area contributed by atoms with Crippen molar-refractivity contribution in [1.29, 1.82) is 0 Å². The van der Waals surface area contributed by atoms with E-state index in [9.17, 15) is 9.18 Å². The summed E-state index contributed by atoms with van der Waals surface area (Å²) in [6.07, 6.45) is 2.98. The van der Waals surface area contributed by atoms with Gasteiger partial charge in [-0.15, -0.1) is 11.3 Å². The average molecular weight is 458 g/mol. The highest BCUT2D eigenvalue weighted by Gasteiger charge is 2.32. The first-order chi connectivity index (χ1) is 15.8. The fourth-order valence-electron chi connectivity index (χ4n) is 5.08. The zero-order valence-electron chi connectivity index (χ0n) is 18.9. The molecule has 166 valence electrons. The Morgan fingerprint density at radius 3 is 2.52 bits per heavy atom. The maximum atomic E-state index is 13.8. The van der Waals surface area contributed by atoms with Crippen LogP contribution in [0.2, 0.25) is 0 Å². The van der Waals surface area contributed by atoms with Crippen molar-refractivity contribution in [2.75, 3.05) is 0 Å². The third kappa shape index (κ3) is 3.19. The van der Waals surface area contributed by atoms with E-state index in [1.807, 2.05) is 24.3 Å². The highest BCUT2D eigenvalue weighted by molar-refractivity contribution is 7.18. The number of aromatic nitrogens is 3. The van der Waals surface area contributed by atoms with Crippen LogP contribution in [0.3, 0.4) is 0 Å². The number of hydrogen-bond donors (Lipinski definition) is 0. The molecule has 1 aliphatic carbocycles. The second-order valence-electron chi connectivity index (χ2n) is 10.0. The highest BCUT2D eigenvalue weighted by Crippen LogP contribution is 2.42. The first kappa shape index (κ1) is 20.5. The normalized spacial score (nSPS) is 16.5. The second kappa shape index (κ2) is 7.19. The van der Waals surface area contributed by atoms with Crippen molar-refractivity contribution in [3.05, 3.63) is 75.1 Å². The van der Waals surface area contributed by atoms with Gasteiger partial charge in [-0.2, -0.15) is 9.61 Å². The molecular weight excluding hydrogens is 433 g/mol. The molecule has 0 spiro atoms. The number of halogens is 1. The number of hydrogen-bond acceptors (Lipinski definition) is 4. The van der Waals surface area contributed by atoms with E-state index in [1.165, 1.54) is 21.5 Å². The van der Waals surface area contributed by atoms with E-state index in [4.69, 9.17) is 10.1 Å². The predicted octanol–water partition coefficient (Wildman–Crippen LogP) is 6.41. The molecule has 0 fully saturated rings. The van der Waals surface area contributed by atoms with Crippen LogP contribution < -0.4 is 5.56 Å². The lowest BCUT2D eigenvalue weighted by atomic mass is 9.72. The van der Waals surface area contributed by atoms with Crippen molar-refractivity contribution in [1.82, 2.24) is 14.6 Å². The summed E-state index contributed by atoms with van der Waals surface area (Å²) in [6, 6.07) is 14.1. The fourth-order valence-corrected chi connectivity index (χ4v) is 6.37. The molecule has 6 heteroatoms. The average Bonchev–Trinajstić information content (AvgIpc) is 3.17. The number of benzene rings is 2. The van der Waals surface area contributed by atoms with Crippen LogP contribution in [0.25, 0.3) is 37.9 Å². The lowest BCUT2D eigenvalue weighted by Gasteiger charge is -2.33. The van der Waals surface area contributed by atoms with Crippen molar-refractivity contribution in [3.8, 4) is 11.3 Å². The number of fused-ring (bicyclic) bond motifs is 6. The van der Waals surface area contributed by atoms with Crippen LogP contribution in [0.5, 0.6) is 0 Å². The van der Waals surface area contributed by atoms with Gasteiger partial charge in [0.05, 0.1) is 11.1 Å². The fraction of sp³-hybridized carbons (Fsp3) is 0.296. The zero-order valence-corrected chi connectivity index (χ0v) is 19.7. The minimum absolute atomic E-state index is 0.115. The summed E-state index contributed by atoms with van der Waals surface area (Å²) in [5, 5.41) is 7.23. The van der Waals surface area contributed by atoms with Gasteiger partial charge in [-0.1, -0.05) is 45.0 Å². The number of rotatable bonds is 1. The van der Waals surface area contributed by atoms with E-state index in [-0.39, 0.29) is 16.8 Å². The third-order valence-electron chi connectivity index (χ3n) is 7.03. The summed E-state index contributed by atoms with van der Waals surface area (Å²) in [6.45, 7) is 6.89. The van der Waals surface area contributed by atoms with Gasteiger partial charge in [0.2, 0.25) is 0 Å². The molecule has 0 radical (unpaired) electrons. The van der Waals surface area contributed by atoms with Crippen molar-refractivity contribution < 1.29 is 4.39 Å². The minimum atomic E-state index is -0.303. The molecule has 2 aromatic carbocycles. The summed E-state index contributed by atoms with van der Waals surface area (Å²) in [5.41, 5.74) is 3.26. The van der Waals surface area contributed by atoms with Gasteiger partial charge in [0.25, 0.3) is 5.56 Å². The monoisotopic (exact) mass is 457 g/mol. The van der Waals surface area contributed by atoms with E-state index in [0.717, 1.165) is 46.0 Å². The molecule has 1 aliphatic rings. The third-order valence-corrected chi connectivity index (χ3v) is 8.17. The van der Waals surface area contributed by atoms with Crippen molar-refractivity contribution in [3.63, 3.8) is 0 Å². The van der Waals surface area contributed by atoms with Crippen LogP contribution in [0.1, 0.15) is 37.6 Å². The van der Waals surface area contributed by atoms with E-state index < -0.39 is 0 Å². The van der Waals surface area contributed by atoms with Gasteiger partial charge in [-0.05, 0) is 60.4 Å². The van der Waals surface area contributed by atoms with E-state index in [0.29, 0.717) is 22.6 Å². The van der Waals surface area contributed by atoms with Crippen LogP contribution >= 0.6 is 11.3 Å². The largest absolute Gasteiger partial charge is 0.283 e. The Bertz CT molecular complexity index is 1610. The van der Waals surface area contributed by atoms with Crippen molar-refractivity contribution in [2.24, 2.45) is 11.3 Å². The Balaban J connectivity index is 1.65. The minimum Gasteiger partial charge on any atom is -0.267 e. The maximum Gasteiger partial charge on any atom is 0.283 e. The lowest BCUT2D eigenvalue weighted by Crippen LogP contribution is -2.26. The second-order valence-corrected chi connectivity index (χ2v) is 11.1. The molecule has 1 unspecified atom stereocenters. The Hall–Kier alpha value is -3.12. The Labute approximate surface area is 194 Å². The first-order valence-corrected chi connectivity index (χ1v) is 12.1. The summed E-state index contributed by atoms with van der Waals surface area (Å²) in [4.78, 5) is 20.9. The molecule has 3 heterocycles. The molecule has 0 bridgehead atoms. The summed E-state index contributed by atoms with van der Waals surface area (Å²) >= 11 is 1.67. The number of thiophene rings is 1. The van der Waals surface area contributed by atoms with Crippen LogP contribution in [0.4, 0.5) is 4.39 Å². The Morgan fingerprint density at radius 1 is 1.06 bits per heavy atom. The van der Waals surface area contributed by atoms with Crippen molar-refractivity contribution in [2.45, 2.75) is 40.0 Å². The smallest absolute Gasteiger partial charge is 0.267 e. The van der Waals surface area contributed by atoms with Gasteiger partial charge in [0.1, 0.15) is 10.6 Å². The van der Waals surface area contributed by atoms with Gasteiger partial charge < -0.3 is 0 Å². The van der Waals surface area contributed by atoms with Crippen molar-refractivity contribution >= 4 is 38.0 Å². The van der Waals surface area contributed by atoms with E-state index in [2.05, 4.69) is 20.8 Å². The molecule has 33 heavy (non-hydrogen) atoms. The molecule has 4 nitrogen and oxygen atoms in total. The standard InChI is InChI=1S/C27H24FN3OS/c1-27(2,3)16-10-13-20-21(14-16)33-25-22(20)26(32)31-24(29-25)19-7-5-4-6-18(19)23(30-31)15-8-11-17(28)12-9-15/h4-9,11-12,16H,10,13-14H2,1-3H3. The van der Waals surface area contributed by atoms with Crippen LogP contribution in [-0.2, 0) is 12.8 Å². The lowest BCUT2D eigenvalue weighted by molar-refractivity contribution is 0.218. The zero-order chi connectivity index (χ0) is 22.9. The molecule has 0 saturated heterocycles. The van der Waals surface area contributed by atoms with Gasteiger partial charge in [0.15, 0.2) is 5.65 Å². The molecule has 0 N–H and O–H groups in total. The van der Waals surface area contributed by atoms with Crippen LogP contribution in [0.15, 0.2) is 53.3 Å². The SMILES string of the molecule is CC(C)(C)C1CCc2c(sc3nc4c5ccccc5c(-c5ccc(F)cc5)nn4c(=O)c23)C1. The topological polar surface area (TPSA) is 47.3 Å². The molecule has 3 aromatic heterocycles. The number of aryl methyl sites for hydroxylation is 1. The van der Waals surface area contributed by atoms with E-state index in [1.54, 1.807) is 23.5 Å². The Morgan fingerprint density at radius 2 is 1.79 bits per heavy atom. The maximum absolute atomic E-state index is 13.8. The molecule has 5 aromatic rings. The van der Waals surface area contributed by atoms with Gasteiger partial charge >= 0.3 is 0 Å². The summed E-state index contributed by atoms with van der Waals surface area (Å²) in [7, 11) is 0. The van der Waals surface area contributed by atoms with Crippen LogP contribution in [0, 0.1) is 17.2 Å². The van der Waals surface area contributed by atoms with Gasteiger partial charge in [-0.3, -0.25) is 4.79 Å². The summed E-state index contributed by atoms with van der Waals surface area (Å²) < 4.78 is 15.0. The molecule has 1 atom stereocenters. The molecule has 6 rings (SSSR count). The molecule has 0 aliphatic heterocycles. The van der Waals surface area contributed by atoms with E-state index >= 15 is 0 Å². The quantitative estimate of drug-likeness (QED) is 0.273. The highest BCUT2D eigenvalue weighted by atomic mass is 32.1. The number of nitrogens with zero attached hydrogens (tertiary/aromatic N) is 3. The first-order valence-electron chi connectivity index (χ1n) is 11.3. The predicted molar refractivity (Wildman–Crippen MR) is 133 cm³/mol. The Kier molecular flexibility index (Phi) is 4.46. The van der Waals surface area contributed by atoms with Crippen LogP contribution in [-0.4, -0.2) is 14.6 Å². The molecular formula is C27H24FN3OS. The molecule has 0 amide bonds. The summed E-state index contributed by atoms with van der Waals surface area (Å²) in [5.74, 6) is 0.294. The van der Waals surface area contributed by atoms with Gasteiger partial charge in [-0.25, -0.2) is 9.37 Å². The van der Waals surface area contributed by atoms with Gasteiger partial charge in [0, 0.05) is 21.2 Å². The molecule has 0 saturated carbocycles.